The Kier molecular flexibility index (Phi) is 7.32. The van der Waals surface area contributed by atoms with Gasteiger partial charge in [-0.05, 0) is 44.9 Å². The van der Waals surface area contributed by atoms with Crippen molar-refractivity contribution < 1.29 is 17.9 Å². The third kappa shape index (κ3) is 4.97. The molecule has 6 heteroatoms. The lowest BCUT2D eigenvalue weighted by Gasteiger charge is -2.26. The Hall–Kier alpha value is -1.11. The Morgan fingerprint density at radius 1 is 1.18 bits per heavy atom. The third-order valence-corrected chi connectivity index (χ3v) is 5.93. The molecule has 1 heterocycles. The van der Waals surface area contributed by atoms with Crippen molar-refractivity contribution >= 4 is 10.0 Å². The molecule has 22 heavy (non-hydrogen) atoms. The summed E-state index contributed by atoms with van der Waals surface area (Å²) in [4.78, 5) is 0.353. The molecule has 126 valence electrons. The van der Waals surface area contributed by atoms with Crippen molar-refractivity contribution in [3.63, 3.8) is 0 Å². The van der Waals surface area contributed by atoms with Crippen LogP contribution in [-0.2, 0) is 19.5 Å². The van der Waals surface area contributed by atoms with Crippen LogP contribution in [0.25, 0.3) is 0 Å². The molecule has 0 saturated carbocycles. The van der Waals surface area contributed by atoms with Gasteiger partial charge >= 0.3 is 0 Å². The van der Waals surface area contributed by atoms with E-state index in [2.05, 4.69) is 6.92 Å². The molecule has 1 fully saturated rings. The fourth-order valence-electron chi connectivity index (χ4n) is 2.00. The van der Waals surface area contributed by atoms with Crippen molar-refractivity contribution in [3.05, 3.63) is 34.0 Å². The maximum Gasteiger partial charge on any atom is 0.239 e. The second-order valence-electron chi connectivity index (χ2n) is 5.35. The number of ether oxygens (including phenoxy) is 2. The average molecular weight is 329 g/mol. The van der Waals surface area contributed by atoms with Crippen LogP contribution < -0.4 is 0 Å². The monoisotopic (exact) mass is 329 g/mol. The van der Waals surface area contributed by atoms with Gasteiger partial charge in [-0.15, -0.1) is 0 Å². The molecule has 0 aromatic rings. The molecule has 0 amide bonds. The van der Waals surface area contributed by atoms with Crippen molar-refractivity contribution in [2.45, 2.75) is 34.1 Å². The smallest absolute Gasteiger partial charge is 0.239 e. The molecular weight excluding hydrogens is 302 g/mol. The molecule has 0 aromatic carbocycles. The summed E-state index contributed by atoms with van der Waals surface area (Å²) in [6, 6.07) is 0. The molecule has 0 atom stereocenters. The molecule has 0 unspecified atom stereocenters. The summed E-state index contributed by atoms with van der Waals surface area (Å²) < 4.78 is 37.2. The number of nitrogens with zero attached hydrogens (tertiary/aromatic N) is 1. The van der Waals surface area contributed by atoms with Crippen molar-refractivity contribution in [1.29, 1.82) is 0 Å². The molecule has 0 bridgehead atoms. The normalized spacial score (nSPS) is 19.9. The average Bonchev–Trinajstić information content (AvgIpc) is 2.53. The lowest BCUT2D eigenvalue weighted by molar-refractivity contribution is 0.0734. The van der Waals surface area contributed by atoms with Gasteiger partial charge in [0.1, 0.15) is 5.76 Å². The molecule has 0 spiro atoms. The van der Waals surface area contributed by atoms with Gasteiger partial charge in [-0.1, -0.05) is 12.5 Å². The zero-order valence-electron chi connectivity index (χ0n) is 14.2. The van der Waals surface area contributed by atoms with Crippen molar-refractivity contribution in [2.75, 3.05) is 33.4 Å². The van der Waals surface area contributed by atoms with Crippen molar-refractivity contribution in [1.82, 2.24) is 4.31 Å². The number of morpholine rings is 1. The van der Waals surface area contributed by atoms with Crippen LogP contribution in [0, 0.1) is 0 Å². The second-order valence-corrected chi connectivity index (χ2v) is 7.43. The van der Waals surface area contributed by atoms with E-state index in [4.69, 9.17) is 9.47 Å². The number of allylic oxidation sites excluding steroid dienone is 5. The summed E-state index contributed by atoms with van der Waals surface area (Å²) in [6.45, 7) is 9.22. The standard InChI is InChI=1S/C16H27NO4S/c1-6-13(2)11-16(20-5)12-14(3)15(4)22(18,19)17-7-9-21-10-8-17/h11-12H,6-10H2,1-5H3/b13-11+,15-14+,16-12+. The quantitative estimate of drug-likeness (QED) is 0.555. The molecule has 0 aliphatic carbocycles. The highest BCUT2D eigenvalue weighted by atomic mass is 32.2. The Morgan fingerprint density at radius 2 is 1.77 bits per heavy atom. The fraction of sp³-hybridized carbons (Fsp3) is 0.625. The summed E-state index contributed by atoms with van der Waals surface area (Å²) in [5.74, 6) is 0.661. The van der Waals surface area contributed by atoms with Crippen LogP contribution >= 0.6 is 0 Å². The lowest BCUT2D eigenvalue weighted by atomic mass is 10.2. The summed E-state index contributed by atoms with van der Waals surface area (Å²) in [6.07, 6.45) is 4.62. The molecular formula is C16H27NO4S. The fourth-order valence-corrected chi connectivity index (χ4v) is 3.49. The van der Waals surface area contributed by atoms with Gasteiger partial charge in [0.15, 0.2) is 0 Å². The Morgan fingerprint density at radius 3 is 2.27 bits per heavy atom. The van der Waals surface area contributed by atoms with Crippen molar-refractivity contribution in [3.8, 4) is 0 Å². The van der Waals surface area contributed by atoms with Gasteiger partial charge in [0.05, 0.1) is 25.2 Å². The molecule has 1 rings (SSSR count). The van der Waals surface area contributed by atoms with Crippen LogP contribution in [-0.4, -0.2) is 46.1 Å². The van der Waals surface area contributed by atoms with Gasteiger partial charge in [0.2, 0.25) is 10.0 Å². The SMILES string of the molecule is CC/C(C)=C/C(=C\C(C)=C(/C)S(=O)(=O)N1CCOCC1)OC. The molecule has 1 aliphatic heterocycles. The van der Waals surface area contributed by atoms with E-state index in [1.807, 2.05) is 13.0 Å². The summed E-state index contributed by atoms with van der Waals surface area (Å²) in [7, 11) is -1.85. The molecule has 0 radical (unpaired) electrons. The zero-order chi connectivity index (χ0) is 16.8. The highest BCUT2D eigenvalue weighted by Gasteiger charge is 2.26. The highest BCUT2D eigenvalue weighted by Crippen LogP contribution is 2.20. The van der Waals surface area contributed by atoms with Crippen molar-refractivity contribution in [2.24, 2.45) is 0 Å². The van der Waals surface area contributed by atoms with E-state index in [9.17, 15) is 8.42 Å². The van der Waals surface area contributed by atoms with E-state index >= 15 is 0 Å². The van der Waals surface area contributed by atoms with Crippen LogP contribution in [0.5, 0.6) is 0 Å². The maximum atomic E-state index is 12.6. The zero-order valence-corrected chi connectivity index (χ0v) is 15.0. The minimum absolute atomic E-state index is 0.353. The molecule has 0 aromatic heterocycles. The lowest BCUT2D eigenvalue weighted by Crippen LogP contribution is -2.41. The van der Waals surface area contributed by atoms with E-state index in [1.54, 1.807) is 27.0 Å². The Bertz CT molecular complexity index is 567. The largest absolute Gasteiger partial charge is 0.497 e. The minimum Gasteiger partial charge on any atom is -0.497 e. The van der Waals surface area contributed by atoms with E-state index in [0.29, 0.717) is 42.5 Å². The van der Waals surface area contributed by atoms with Gasteiger partial charge in [-0.2, -0.15) is 4.31 Å². The van der Waals surface area contributed by atoms with Crippen LogP contribution in [0.15, 0.2) is 34.0 Å². The first-order valence-electron chi connectivity index (χ1n) is 7.51. The summed E-state index contributed by atoms with van der Waals surface area (Å²) >= 11 is 0. The molecule has 1 saturated heterocycles. The predicted molar refractivity (Wildman–Crippen MR) is 88.8 cm³/mol. The van der Waals surface area contributed by atoms with Crippen LogP contribution in [0.2, 0.25) is 0 Å². The van der Waals surface area contributed by atoms with Crippen LogP contribution in [0.4, 0.5) is 0 Å². The summed E-state index contributed by atoms with van der Waals surface area (Å²) in [5, 5.41) is 0. The summed E-state index contributed by atoms with van der Waals surface area (Å²) in [5.41, 5.74) is 1.86. The minimum atomic E-state index is -3.44. The van der Waals surface area contributed by atoms with Gasteiger partial charge in [-0.3, -0.25) is 0 Å². The topological polar surface area (TPSA) is 55.8 Å². The number of sulfonamides is 1. The number of rotatable bonds is 6. The third-order valence-electron chi connectivity index (χ3n) is 3.79. The molecule has 5 nitrogen and oxygen atoms in total. The Labute approximate surface area is 134 Å². The second kappa shape index (κ2) is 8.50. The number of methoxy groups -OCH3 is 1. The maximum absolute atomic E-state index is 12.6. The van der Waals surface area contributed by atoms with E-state index in [1.165, 1.54) is 9.88 Å². The van der Waals surface area contributed by atoms with Crippen LogP contribution in [0.1, 0.15) is 34.1 Å². The first kappa shape index (κ1) is 18.9. The van der Waals surface area contributed by atoms with E-state index in [0.717, 1.165) is 6.42 Å². The molecule has 0 N–H and O–H groups in total. The van der Waals surface area contributed by atoms with Crippen LogP contribution in [0.3, 0.4) is 0 Å². The first-order valence-corrected chi connectivity index (χ1v) is 8.95. The number of hydrogen-bond acceptors (Lipinski definition) is 4. The Balaban J connectivity index is 3.09. The van der Waals surface area contributed by atoms with Gasteiger partial charge in [0, 0.05) is 13.1 Å². The van der Waals surface area contributed by atoms with Gasteiger partial charge in [0.25, 0.3) is 0 Å². The van der Waals surface area contributed by atoms with Gasteiger partial charge in [-0.25, -0.2) is 8.42 Å². The number of hydrogen-bond donors (Lipinski definition) is 0. The van der Waals surface area contributed by atoms with E-state index < -0.39 is 10.0 Å². The van der Waals surface area contributed by atoms with E-state index in [-0.39, 0.29) is 0 Å². The highest BCUT2D eigenvalue weighted by molar-refractivity contribution is 7.93. The predicted octanol–water partition coefficient (Wildman–Crippen LogP) is 2.83. The van der Waals surface area contributed by atoms with Gasteiger partial charge < -0.3 is 9.47 Å². The first-order chi connectivity index (χ1) is 10.3. The molecule has 1 aliphatic rings.